The van der Waals surface area contributed by atoms with E-state index >= 15 is 0 Å². The van der Waals surface area contributed by atoms with Crippen molar-refractivity contribution < 1.29 is 13.2 Å². The number of piperidine rings is 1. The highest BCUT2D eigenvalue weighted by Gasteiger charge is 2.30. The smallest absolute Gasteiger partial charge is 0.211 e. The van der Waals surface area contributed by atoms with Gasteiger partial charge in [0.1, 0.15) is 0 Å². The van der Waals surface area contributed by atoms with Crippen LogP contribution in [0.15, 0.2) is 30.3 Å². The summed E-state index contributed by atoms with van der Waals surface area (Å²) in [6.45, 7) is 1.19. The summed E-state index contributed by atoms with van der Waals surface area (Å²) in [5, 5.41) is 0. The highest BCUT2D eigenvalue weighted by Crippen LogP contribution is 2.33. The van der Waals surface area contributed by atoms with Crippen molar-refractivity contribution in [2.24, 2.45) is 5.92 Å². The Morgan fingerprint density at radius 1 is 1.21 bits per heavy atom. The first-order valence-electron chi connectivity index (χ1n) is 6.55. The van der Waals surface area contributed by atoms with Crippen LogP contribution in [0.25, 0.3) is 0 Å². The van der Waals surface area contributed by atoms with Gasteiger partial charge in [-0.05, 0) is 24.3 Å². The van der Waals surface area contributed by atoms with Crippen molar-refractivity contribution in [3.8, 4) is 0 Å². The normalized spacial score (nSPS) is 20.3. The van der Waals surface area contributed by atoms with Crippen LogP contribution in [0, 0.1) is 5.92 Å². The van der Waals surface area contributed by atoms with Gasteiger partial charge in [-0.1, -0.05) is 30.3 Å². The summed E-state index contributed by atoms with van der Waals surface area (Å²) in [6.07, 6.45) is 3.03. The molecule has 5 heteroatoms. The summed E-state index contributed by atoms with van der Waals surface area (Å²) in [5.41, 5.74) is 1.17. The van der Waals surface area contributed by atoms with Crippen LogP contribution >= 0.6 is 0 Å². The summed E-state index contributed by atoms with van der Waals surface area (Å²) in [6, 6.07) is 10.1. The number of sulfonamides is 1. The molecule has 1 saturated heterocycles. The van der Waals surface area contributed by atoms with Crippen molar-refractivity contribution in [3.63, 3.8) is 0 Å². The van der Waals surface area contributed by atoms with Gasteiger partial charge >= 0.3 is 0 Å². The molecule has 19 heavy (non-hydrogen) atoms. The SMILES string of the molecule is COC(c1ccccc1)C1CCN(S(C)(=O)=O)CC1. The van der Waals surface area contributed by atoms with E-state index in [0.29, 0.717) is 19.0 Å². The minimum atomic E-state index is -3.05. The Bertz CT molecular complexity index is 493. The second-order valence-corrected chi connectivity index (χ2v) is 7.05. The van der Waals surface area contributed by atoms with Gasteiger partial charge in [0, 0.05) is 20.2 Å². The highest BCUT2D eigenvalue weighted by atomic mass is 32.2. The van der Waals surface area contributed by atoms with E-state index in [-0.39, 0.29) is 6.10 Å². The molecule has 0 amide bonds. The van der Waals surface area contributed by atoms with Crippen LogP contribution in [-0.4, -0.2) is 39.2 Å². The molecule has 0 aliphatic carbocycles. The van der Waals surface area contributed by atoms with Crippen LogP contribution in [-0.2, 0) is 14.8 Å². The predicted octanol–water partition coefficient (Wildman–Crippen LogP) is 2.05. The van der Waals surface area contributed by atoms with Gasteiger partial charge in [0.05, 0.1) is 12.4 Å². The Morgan fingerprint density at radius 2 is 1.79 bits per heavy atom. The van der Waals surface area contributed by atoms with E-state index < -0.39 is 10.0 Å². The highest BCUT2D eigenvalue weighted by molar-refractivity contribution is 7.88. The molecule has 106 valence electrons. The monoisotopic (exact) mass is 283 g/mol. The number of benzene rings is 1. The Morgan fingerprint density at radius 3 is 2.26 bits per heavy atom. The molecule has 1 fully saturated rings. The lowest BCUT2D eigenvalue weighted by Crippen LogP contribution is -2.39. The number of methoxy groups -OCH3 is 1. The molecule has 1 aliphatic heterocycles. The van der Waals surface area contributed by atoms with Crippen molar-refractivity contribution >= 4 is 10.0 Å². The zero-order valence-corrected chi connectivity index (χ0v) is 12.3. The Hall–Kier alpha value is -0.910. The van der Waals surface area contributed by atoms with Crippen LogP contribution in [0.2, 0.25) is 0 Å². The van der Waals surface area contributed by atoms with Gasteiger partial charge in [-0.3, -0.25) is 0 Å². The summed E-state index contributed by atoms with van der Waals surface area (Å²) in [7, 11) is -1.33. The van der Waals surface area contributed by atoms with Gasteiger partial charge in [0.2, 0.25) is 10.0 Å². The van der Waals surface area contributed by atoms with E-state index in [0.717, 1.165) is 12.8 Å². The molecule has 0 bridgehead atoms. The Balaban J connectivity index is 2.04. The van der Waals surface area contributed by atoms with Gasteiger partial charge in [-0.2, -0.15) is 0 Å². The molecule has 0 N–H and O–H groups in total. The lowest BCUT2D eigenvalue weighted by atomic mass is 9.88. The first-order chi connectivity index (χ1) is 9.02. The second kappa shape index (κ2) is 6.03. The molecule has 0 spiro atoms. The van der Waals surface area contributed by atoms with Crippen molar-refractivity contribution in [2.45, 2.75) is 18.9 Å². The van der Waals surface area contributed by atoms with Crippen LogP contribution in [0.3, 0.4) is 0 Å². The summed E-state index contributed by atoms with van der Waals surface area (Å²) in [5.74, 6) is 0.380. The molecule has 1 aromatic rings. The molecule has 4 nitrogen and oxygen atoms in total. The minimum Gasteiger partial charge on any atom is -0.376 e. The third-order valence-electron chi connectivity index (χ3n) is 3.78. The summed E-state index contributed by atoms with van der Waals surface area (Å²) < 4.78 is 30.2. The van der Waals surface area contributed by atoms with Crippen molar-refractivity contribution in [1.29, 1.82) is 0 Å². The van der Waals surface area contributed by atoms with E-state index in [1.807, 2.05) is 18.2 Å². The van der Waals surface area contributed by atoms with Gasteiger partial charge in [-0.15, -0.1) is 0 Å². The fourth-order valence-electron chi connectivity index (χ4n) is 2.75. The first-order valence-corrected chi connectivity index (χ1v) is 8.40. The van der Waals surface area contributed by atoms with E-state index in [1.54, 1.807) is 11.4 Å². The Labute approximate surface area is 115 Å². The molecule has 1 unspecified atom stereocenters. The van der Waals surface area contributed by atoms with E-state index in [9.17, 15) is 8.42 Å². The molecule has 1 aromatic carbocycles. The lowest BCUT2D eigenvalue weighted by molar-refractivity contribution is 0.0304. The minimum absolute atomic E-state index is 0.0583. The van der Waals surface area contributed by atoms with E-state index in [4.69, 9.17) is 4.74 Å². The summed E-state index contributed by atoms with van der Waals surface area (Å²) >= 11 is 0. The maximum Gasteiger partial charge on any atom is 0.211 e. The number of hydrogen-bond acceptors (Lipinski definition) is 3. The predicted molar refractivity (Wildman–Crippen MR) is 75.3 cm³/mol. The molecular formula is C14H21NO3S. The maximum absolute atomic E-state index is 11.5. The molecular weight excluding hydrogens is 262 g/mol. The van der Waals surface area contributed by atoms with Gasteiger partial charge in [0.25, 0.3) is 0 Å². The van der Waals surface area contributed by atoms with Gasteiger partial charge < -0.3 is 4.74 Å². The number of hydrogen-bond donors (Lipinski definition) is 0. The summed E-state index contributed by atoms with van der Waals surface area (Å²) in [4.78, 5) is 0. The Kier molecular flexibility index (Phi) is 4.60. The van der Waals surface area contributed by atoms with Crippen molar-refractivity contribution in [3.05, 3.63) is 35.9 Å². The second-order valence-electron chi connectivity index (χ2n) is 5.07. The maximum atomic E-state index is 11.5. The van der Waals surface area contributed by atoms with Gasteiger partial charge in [0.15, 0.2) is 0 Å². The van der Waals surface area contributed by atoms with Gasteiger partial charge in [-0.25, -0.2) is 12.7 Å². The van der Waals surface area contributed by atoms with E-state index in [2.05, 4.69) is 12.1 Å². The fourth-order valence-corrected chi connectivity index (χ4v) is 3.63. The quantitative estimate of drug-likeness (QED) is 0.849. The van der Waals surface area contributed by atoms with Crippen LogP contribution in [0.1, 0.15) is 24.5 Å². The number of ether oxygens (including phenoxy) is 1. The van der Waals surface area contributed by atoms with Crippen LogP contribution < -0.4 is 0 Å². The molecule has 0 aromatic heterocycles. The average Bonchev–Trinajstić information content (AvgIpc) is 2.40. The lowest BCUT2D eigenvalue weighted by Gasteiger charge is -2.34. The fraction of sp³-hybridized carbons (Fsp3) is 0.571. The van der Waals surface area contributed by atoms with Crippen LogP contribution in [0.4, 0.5) is 0 Å². The number of nitrogens with zero attached hydrogens (tertiary/aromatic N) is 1. The molecule has 1 heterocycles. The average molecular weight is 283 g/mol. The van der Waals surface area contributed by atoms with Crippen molar-refractivity contribution in [2.75, 3.05) is 26.5 Å². The van der Waals surface area contributed by atoms with Crippen LogP contribution in [0.5, 0.6) is 0 Å². The molecule has 0 radical (unpaired) electrons. The third kappa shape index (κ3) is 3.55. The molecule has 0 saturated carbocycles. The first kappa shape index (κ1) is 14.5. The molecule has 1 aliphatic rings. The number of rotatable bonds is 4. The molecule has 2 rings (SSSR count). The molecule has 1 atom stereocenters. The zero-order valence-electron chi connectivity index (χ0n) is 11.5. The standard InChI is InChI=1S/C14H21NO3S/c1-18-14(12-6-4-3-5-7-12)13-8-10-15(11-9-13)19(2,16)17/h3-7,13-14H,8-11H2,1-2H3. The van der Waals surface area contributed by atoms with Crippen molar-refractivity contribution in [1.82, 2.24) is 4.31 Å². The largest absolute Gasteiger partial charge is 0.376 e. The topological polar surface area (TPSA) is 46.6 Å². The third-order valence-corrected chi connectivity index (χ3v) is 5.08. The van der Waals surface area contributed by atoms with E-state index in [1.165, 1.54) is 11.8 Å². The zero-order chi connectivity index (χ0) is 13.9.